The minimum Gasteiger partial charge on any atom is -0.0585 e. The number of esters is 3. The van der Waals surface area contributed by atoms with Gasteiger partial charge in [0.25, 0.3) is 0 Å². The van der Waals surface area contributed by atoms with Crippen molar-refractivity contribution in [2.24, 2.45) is 0 Å². The van der Waals surface area contributed by atoms with Gasteiger partial charge < -0.3 is 0 Å². The smallest absolute Gasteiger partial charge is 0.0585 e. The van der Waals surface area contributed by atoms with E-state index in [2.05, 4.69) is 4.98 Å². The summed E-state index contributed by atoms with van der Waals surface area (Å²) < 4.78 is 28.3. The summed E-state index contributed by atoms with van der Waals surface area (Å²) in [6.07, 6.45) is -4.91. The van der Waals surface area contributed by atoms with Crippen LogP contribution in [0, 0.1) is 20.8 Å². The molecule has 8 rings (SSSR count). The van der Waals surface area contributed by atoms with E-state index in [1.54, 1.807) is 72.8 Å². The molecule has 6 aromatic carbocycles. The number of ketones is 1. The molecule has 0 radical (unpaired) electrons. The maximum atomic E-state index is 15.0. The summed E-state index contributed by atoms with van der Waals surface area (Å²) in [6.45, 7) is 5.07. The Kier molecular flexibility index (Phi) is 13.5. The van der Waals surface area contributed by atoms with Crippen molar-refractivity contribution in [3.05, 3.63) is 230 Å². The Morgan fingerprint density at radius 3 is 1.41 bits per heavy atom. The predicted octanol–water partition coefficient (Wildman–Crippen LogP) is 6.02. The first-order chi connectivity index (χ1) is 31.9. The molecule has 1 aliphatic rings. The molecule has 0 unspecified atom stereocenters. The van der Waals surface area contributed by atoms with Crippen LogP contribution >= 0.6 is 0 Å². The molecule has 2 heterocycles. The molecule has 1 fully saturated rings. The van der Waals surface area contributed by atoms with E-state index in [-0.39, 0.29) is 27.5 Å². The number of aryl methyl sites for hydroxylation is 3. The molecule has 0 spiro atoms. The topological polar surface area (TPSA) is 160 Å². The number of aromatic amines is 1. The Morgan fingerprint density at radius 1 is 0.561 bits per heavy atom. The molecule has 1 saturated heterocycles. The number of hydrogen-bond donors (Lipinski definition) is 1. The van der Waals surface area contributed by atoms with E-state index in [4.69, 9.17) is 18.9 Å². The van der Waals surface area contributed by atoms with Gasteiger partial charge in [-0.05, 0) is 32.9 Å². The van der Waals surface area contributed by atoms with Crippen LogP contribution in [-0.2, 0) is 18.9 Å². The summed E-state index contributed by atoms with van der Waals surface area (Å²) in [5.41, 5.74) is 0.981. The van der Waals surface area contributed by atoms with E-state index >= 15 is 0 Å². The van der Waals surface area contributed by atoms with Gasteiger partial charge in [-0.25, -0.2) is 0 Å². The number of ether oxygens (including phenoxy) is 4. The SMILES string of the molecule is Cc1ccc(C(=O)OC[C@H]2O[C@@H](n3cc(C(=O)[CH2][Ge]([c]4ccccc4)([c]4ccccc4)[c]4ccccc4)c(=O)[nH]c3=O)[C@H](OC(=O)c3ccc(C)cc3)[C@@H]2OC(=O)c2ccc(C)cc2)cc1. The summed E-state index contributed by atoms with van der Waals surface area (Å²) in [7, 11) is 0. The molecule has 332 valence electrons. The fourth-order valence-corrected chi connectivity index (χ4v) is 17.8. The van der Waals surface area contributed by atoms with Crippen LogP contribution in [0.3, 0.4) is 0 Å². The van der Waals surface area contributed by atoms with Crippen molar-refractivity contribution in [1.29, 1.82) is 0 Å². The molecule has 12 nitrogen and oxygen atoms in total. The number of rotatable bonds is 14. The second-order valence-electron chi connectivity index (χ2n) is 16.3. The first-order valence-corrected chi connectivity index (χ1v) is 26.0. The molecular weight excluding hydrogens is 897 g/mol. The van der Waals surface area contributed by atoms with Crippen LogP contribution in [0.1, 0.15) is 64.4 Å². The van der Waals surface area contributed by atoms with Crippen LogP contribution < -0.4 is 24.4 Å². The molecule has 7 aromatic rings. The van der Waals surface area contributed by atoms with Crippen molar-refractivity contribution in [2.45, 2.75) is 50.6 Å². The molecule has 0 saturated carbocycles. The minimum absolute atomic E-state index is 0.0644. The number of H-pyrrole nitrogens is 1. The number of hydrogen-bond acceptors (Lipinski definition) is 10. The fourth-order valence-electron chi connectivity index (χ4n) is 8.21. The Morgan fingerprint density at radius 2 is 0.970 bits per heavy atom. The predicted molar refractivity (Wildman–Crippen MR) is 251 cm³/mol. The molecule has 4 atom stereocenters. The van der Waals surface area contributed by atoms with E-state index in [0.717, 1.165) is 40.6 Å². The van der Waals surface area contributed by atoms with E-state index < -0.39 is 79.4 Å². The average Bonchev–Trinajstić information content (AvgIpc) is 3.66. The third-order valence-electron chi connectivity index (χ3n) is 11.8. The fraction of sp³-hybridized carbons (Fsp3) is 0.170. The standard InChI is InChI=1S/C53H46GeN2O10/c1-34-19-25-37(26-20-34)50(59)63-33-45-46(65-51(60)38-27-21-35(2)22-28-38)47(66-52(61)39-29-23-36(3)24-30-39)49(64-45)56-32-43(48(58)55-53(56)62)44(57)31-54(40-13-7-4-8-14-40,41-15-9-5-10-16-41)42-17-11-6-12-18-42/h4-30,32,45-47,49H,31,33H2,1-3H3,(H,55,58,62)/t45-,46-,47-,49-/m1/s1. The Balaban J connectivity index is 1.22. The quantitative estimate of drug-likeness (QED) is 0.0592. The van der Waals surface area contributed by atoms with Gasteiger partial charge in [0.15, 0.2) is 0 Å². The molecule has 13 heteroatoms. The molecule has 1 N–H and O–H groups in total. The molecule has 0 aliphatic carbocycles. The molecule has 1 aromatic heterocycles. The van der Waals surface area contributed by atoms with Gasteiger partial charge in [-0.2, -0.15) is 0 Å². The van der Waals surface area contributed by atoms with Gasteiger partial charge in [0.2, 0.25) is 0 Å². The van der Waals surface area contributed by atoms with Gasteiger partial charge in [-0.3, -0.25) is 0 Å². The Bertz CT molecular complexity index is 2880. The minimum atomic E-state index is -4.01. The van der Waals surface area contributed by atoms with E-state index in [0.29, 0.717) is 0 Å². The van der Waals surface area contributed by atoms with E-state index in [1.165, 1.54) is 0 Å². The van der Waals surface area contributed by atoms with Gasteiger partial charge in [-0.15, -0.1) is 0 Å². The summed E-state index contributed by atoms with van der Waals surface area (Å²) >= 11 is -4.01. The van der Waals surface area contributed by atoms with E-state index in [9.17, 15) is 28.8 Å². The monoisotopic (exact) mass is 944 g/mol. The van der Waals surface area contributed by atoms with Crippen molar-refractivity contribution >= 4 is 50.1 Å². The number of benzene rings is 6. The van der Waals surface area contributed by atoms with E-state index in [1.807, 2.05) is 112 Å². The normalized spacial score (nSPS) is 16.8. The van der Waals surface area contributed by atoms with Crippen molar-refractivity contribution < 1.29 is 38.1 Å². The zero-order valence-corrected chi connectivity index (χ0v) is 38.5. The number of nitrogens with zero attached hydrogens (tertiary/aromatic N) is 1. The van der Waals surface area contributed by atoms with Gasteiger partial charge >= 0.3 is 311 Å². The Hall–Kier alpha value is -7.42. The van der Waals surface area contributed by atoms with Crippen LogP contribution in [0.25, 0.3) is 0 Å². The summed E-state index contributed by atoms with van der Waals surface area (Å²) in [5.74, 6) is -2.91. The van der Waals surface area contributed by atoms with Crippen LogP contribution in [-0.4, -0.2) is 71.4 Å². The second-order valence-corrected chi connectivity index (χ2v) is 24.5. The Labute approximate surface area is 383 Å². The van der Waals surface area contributed by atoms with Crippen molar-refractivity contribution in [1.82, 2.24) is 9.55 Å². The average molecular weight is 944 g/mol. The number of carbonyl (C=O) groups excluding carboxylic acids is 4. The van der Waals surface area contributed by atoms with Crippen LogP contribution in [0.2, 0.25) is 5.25 Å². The molecular formula is C53H46GeN2O10. The molecule has 0 bridgehead atoms. The summed E-state index contributed by atoms with van der Waals surface area (Å²) in [5, 5.41) is -0.0644. The second kappa shape index (κ2) is 19.8. The summed E-state index contributed by atoms with van der Waals surface area (Å²) in [6, 6.07) is 49.1. The molecule has 66 heavy (non-hydrogen) atoms. The van der Waals surface area contributed by atoms with Crippen molar-refractivity contribution in [2.75, 3.05) is 6.61 Å². The first-order valence-electron chi connectivity index (χ1n) is 21.4. The third kappa shape index (κ3) is 9.65. The van der Waals surface area contributed by atoms with Gasteiger partial charge in [0, 0.05) is 0 Å². The number of aromatic nitrogens is 2. The van der Waals surface area contributed by atoms with Crippen LogP contribution in [0.15, 0.2) is 180 Å². The van der Waals surface area contributed by atoms with Crippen LogP contribution in [0.5, 0.6) is 0 Å². The number of Topliss-reactive ketones (excluding diaryl/α,β-unsaturated/α-hetero) is 1. The summed E-state index contributed by atoms with van der Waals surface area (Å²) in [4.78, 5) is 86.5. The van der Waals surface area contributed by atoms with Gasteiger partial charge in [-0.1, -0.05) is 41.0 Å². The zero-order valence-electron chi connectivity index (χ0n) is 36.4. The maximum absolute atomic E-state index is 15.0. The molecule has 0 amide bonds. The van der Waals surface area contributed by atoms with Gasteiger partial charge in [0.1, 0.15) is 0 Å². The van der Waals surface area contributed by atoms with Crippen molar-refractivity contribution in [3.8, 4) is 0 Å². The molecule has 1 aliphatic heterocycles. The van der Waals surface area contributed by atoms with Crippen molar-refractivity contribution in [3.63, 3.8) is 0 Å². The number of carbonyl (C=O) groups is 4. The zero-order chi connectivity index (χ0) is 46.4. The third-order valence-corrected chi connectivity index (χ3v) is 21.9. The van der Waals surface area contributed by atoms with Gasteiger partial charge in [0.05, 0.1) is 0 Å². The first kappa shape index (κ1) is 45.2. The number of nitrogens with one attached hydrogen (secondary N) is 1. The van der Waals surface area contributed by atoms with Crippen LogP contribution in [0.4, 0.5) is 0 Å².